The van der Waals surface area contributed by atoms with Crippen LogP contribution < -0.4 is 5.32 Å². The maximum Gasteiger partial charge on any atom is 0.271 e. The quantitative estimate of drug-likeness (QED) is 0.496. The average molecular weight is 290 g/mol. The van der Waals surface area contributed by atoms with E-state index in [1.54, 1.807) is 10.9 Å². The van der Waals surface area contributed by atoms with E-state index in [0.717, 1.165) is 17.8 Å². The Morgan fingerprint density at radius 2 is 2.24 bits per heavy atom. The monoisotopic (exact) mass is 290 g/mol. The van der Waals surface area contributed by atoms with Gasteiger partial charge in [-0.2, -0.15) is 5.10 Å². The van der Waals surface area contributed by atoms with Crippen LogP contribution in [0.2, 0.25) is 0 Å². The van der Waals surface area contributed by atoms with Gasteiger partial charge in [-0.3, -0.25) is 19.6 Å². The highest BCUT2D eigenvalue weighted by molar-refractivity contribution is 5.92. The summed E-state index contributed by atoms with van der Waals surface area (Å²) < 4.78 is 1.63. The number of hydrogen-bond donors (Lipinski definition) is 2. The van der Waals surface area contributed by atoms with Crippen LogP contribution in [-0.2, 0) is 11.3 Å². The molecule has 2 N–H and O–H groups in total. The van der Waals surface area contributed by atoms with E-state index < -0.39 is 4.92 Å². The second-order valence-corrected chi connectivity index (χ2v) is 4.48. The Balaban J connectivity index is 1.99. The summed E-state index contributed by atoms with van der Waals surface area (Å²) in [4.78, 5) is 21.9. The maximum absolute atomic E-state index is 11.8. The van der Waals surface area contributed by atoms with E-state index in [0.29, 0.717) is 6.54 Å². The number of nitro groups is 1. The van der Waals surface area contributed by atoms with Crippen molar-refractivity contribution in [1.29, 1.82) is 0 Å². The molecule has 0 bridgehead atoms. The second kappa shape index (κ2) is 6.04. The molecule has 1 aromatic carbocycles. The van der Waals surface area contributed by atoms with Gasteiger partial charge in [0.2, 0.25) is 5.91 Å². The van der Waals surface area contributed by atoms with Gasteiger partial charge in [0.05, 0.1) is 16.3 Å². The lowest BCUT2D eigenvalue weighted by Crippen LogP contribution is -2.15. The molecule has 1 aromatic heterocycles. The molecule has 0 aliphatic rings. The van der Waals surface area contributed by atoms with Gasteiger partial charge in [0.1, 0.15) is 5.75 Å². The molecule has 0 atom stereocenters. The largest absolute Gasteiger partial charge is 0.506 e. The van der Waals surface area contributed by atoms with Crippen LogP contribution in [0.4, 0.5) is 11.4 Å². The number of carbonyl (C=O) groups is 1. The summed E-state index contributed by atoms with van der Waals surface area (Å²) in [6.45, 7) is 2.23. The highest BCUT2D eigenvalue weighted by Gasteiger charge is 2.12. The van der Waals surface area contributed by atoms with Crippen LogP contribution in [0.5, 0.6) is 5.75 Å². The zero-order valence-electron chi connectivity index (χ0n) is 11.3. The third kappa shape index (κ3) is 3.78. The van der Waals surface area contributed by atoms with Crippen molar-refractivity contribution in [2.45, 2.75) is 19.9 Å². The van der Waals surface area contributed by atoms with Gasteiger partial charge in [0, 0.05) is 31.3 Å². The lowest BCUT2D eigenvalue weighted by Gasteiger charge is -2.07. The molecule has 0 aliphatic heterocycles. The summed E-state index contributed by atoms with van der Waals surface area (Å²) in [6.07, 6.45) is 1.90. The molecule has 0 saturated heterocycles. The first-order chi connectivity index (χ1) is 9.95. The third-order valence-electron chi connectivity index (χ3n) is 2.81. The van der Waals surface area contributed by atoms with Crippen LogP contribution in [0.15, 0.2) is 30.5 Å². The van der Waals surface area contributed by atoms with Crippen molar-refractivity contribution in [2.75, 3.05) is 5.32 Å². The Kier molecular flexibility index (Phi) is 4.17. The van der Waals surface area contributed by atoms with Crippen LogP contribution >= 0.6 is 0 Å². The van der Waals surface area contributed by atoms with Gasteiger partial charge >= 0.3 is 0 Å². The molecule has 0 unspecified atom stereocenters. The predicted molar refractivity (Wildman–Crippen MR) is 75.0 cm³/mol. The number of aromatic hydroxyl groups is 1. The highest BCUT2D eigenvalue weighted by Crippen LogP contribution is 2.27. The van der Waals surface area contributed by atoms with Crippen molar-refractivity contribution in [2.24, 2.45) is 0 Å². The zero-order valence-corrected chi connectivity index (χ0v) is 11.3. The summed E-state index contributed by atoms with van der Waals surface area (Å²) in [5, 5.41) is 26.9. The van der Waals surface area contributed by atoms with E-state index >= 15 is 0 Å². The van der Waals surface area contributed by atoms with Crippen molar-refractivity contribution < 1.29 is 14.8 Å². The van der Waals surface area contributed by atoms with E-state index in [1.807, 2.05) is 13.0 Å². The number of hydrogen-bond acceptors (Lipinski definition) is 5. The molecule has 2 aromatic rings. The number of amides is 1. The topological polar surface area (TPSA) is 110 Å². The van der Waals surface area contributed by atoms with Gasteiger partial charge in [-0.15, -0.1) is 0 Å². The van der Waals surface area contributed by atoms with Gasteiger partial charge in [0.15, 0.2) is 0 Å². The first-order valence-electron chi connectivity index (χ1n) is 6.23. The minimum atomic E-state index is -0.596. The van der Waals surface area contributed by atoms with Crippen molar-refractivity contribution in [3.8, 4) is 5.75 Å². The zero-order chi connectivity index (χ0) is 15.4. The summed E-state index contributed by atoms with van der Waals surface area (Å²) in [5.74, 6) is -0.581. The van der Waals surface area contributed by atoms with Gasteiger partial charge in [-0.05, 0) is 19.1 Å². The summed E-state index contributed by atoms with van der Waals surface area (Å²) >= 11 is 0. The van der Waals surface area contributed by atoms with Gasteiger partial charge in [-0.25, -0.2) is 0 Å². The molecule has 1 heterocycles. The molecule has 8 nitrogen and oxygen atoms in total. The number of nitrogens with zero attached hydrogens (tertiary/aromatic N) is 3. The van der Waals surface area contributed by atoms with Gasteiger partial charge < -0.3 is 10.4 Å². The Hall–Kier alpha value is -2.90. The molecular formula is C13H14N4O4. The molecule has 1 amide bonds. The fourth-order valence-corrected chi connectivity index (χ4v) is 1.75. The number of aromatic nitrogens is 2. The maximum atomic E-state index is 11.8. The molecule has 8 heteroatoms. The minimum absolute atomic E-state index is 0.0193. The van der Waals surface area contributed by atoms with E-state index in [1.165, 1.54) is 6.07 Å². The molecule has 21 heavy (non-hydrogen) atoms. The molecular weight excluding hydrogens is 276 g/mol. The number of phenolic OH excluding ortho intramolecular Hbond substituents is 1. The minimum Gasteiger partial charge on any atom is -0.506 e. The number of aryl methyl sites for hydroxylation is 2. The van der Waals surface area contributed by atoms with Gasteiger partial charge in [-0.1, -0.05) is 0 Å². The standard InChI is InChI=1S/C13H14N4O4/c1-9-4-6-16(15-9)7-5-13(19)14-11-8-10(17(20)21)2-3-12(11)18/h2-4,6,8,18H,5,7H2,1H3,(H,14,19). The van der Waals surface area contributed by atoms with Crippen LogP contribution in [0.3, 0.4) is 0 Å². The lowest BCUT2D eigenvalue weighted by molar-refractivity contribution is -0.384. The first-order valence-corrected chi connectivity index (χ1v) is 6.23. The van der Waals surface area contributed by atoms with Crippen molar-refractivity contribution >= 4 is 17.3 Å². The van der Waals surface area contributed by atoms with Crippen LogP contribution in [0.25, 0.3) is 0 Å². The molecule has 110 valence electrons. The Bertz CT molecular complexity index is 681. The normalized spacial score (nSPS) is 10.3. The smallest absolute Gasteiger partial charge is 0.271 e. The number of carbonyl (C=O) groups excluding carboxylic acids is 1. The fourth-order valence-electron chi connectivity index (χ4n) is 1.75. The van der Waals surface area contributed by atoms with Crippen LogP contribution in [-0.4, -0.2) is 25.7 Å². The summed E-state index contributed by atoms with van der Waals surface area (Å²) in [5.41, 5.74) is 0.670. The number of anilines is 1. The Morgan fingerprint density at radius 1 is 1.48 bits per heavy atom. The predicted octanol–water partition coefficient (Wildman–Crippen LogP) is 1.83. The molecule has 0 aliphatic carbocycles. The highest BCUT2D eigenvalue weighted by atomic mass is 16.6. The molecule has 0 saturated carbocycles. The molecule has 0 spiro atoms. The fraction of sp³-hybridized carbons (Fsp3) is 0.231. The van der Waals surface area contributed by atoms with Crippen molar-refractivity contribution in [1.82, 2.24) is 9.78 Å². The van der Waals surface area contributed by atoms with Crippen molar-refractivity contribution in [3.05, 3.63) is 46.3 Å². The number of nitro benzene ring substituents is 1. The lowest BCUT2D eigenvalue weighted by atomic mass is 10.2. The second-order valence-electron chi connectivity index (χ2n) is 4.48. The Labute approximate surface area is 120 Å². The van der Waals surface area contributed by atoms with Crippen LogP contribution in [0, 0.1) is 17.0 Å². The number of phenols is 1. The summed E-state index contributed by atoms with van der Waals surface area (Å²) in [6, 6.07) is 5.28. The Morgan fingerprint density at radius 3 is 2.86 bits per heavy atom. The van der Waals surface area contributed by atoms with E-state index in [2.05, 4.69) is 10.4 Å². The number of nitrogens with one attached hydrogen (secondary N) is 1. The first kappa shape index (κ1) is 14.5. The third-order valence-corrected chi connectivity index (χ3v) is 2.81. The van der Waals surface area contributed by atoms with Gasteiger partial charge in [0.25, 0.3) is 5.69 Å². The van der Waals surface area contributed by atoms with Crippen molar-refractivity contribution in [3.63, 3.8) is 0 Å². The molecule has 2 rings (SSSR count). The van der Waals surface area contributed by atoms with E-state index in [4.69, 9.17) is 0 Å². The average Bonchev–Trinajstić information content (AvgIpc) is 2.84. The summed E-state index contributed by atoms with van der Waals surface area (Å²) in [7, 11) is 0. The van der Waals surface area contributed by atoms with E-state index in [9.17, 15) is 20.0 Å². The van der Waals surface area contributed by atoms with E-state index in [-0.39, 0.29) is 29.5 Å². The SMILES string of the molecule is Cc1ccn(CCC(=O)Nc2cc([N+](=O)[O-])ccc2O)n1. The number of non-ortho nitro benzene ring substituents is 1. The number of rotatable bonds is 5. The molecule has 0 fully saturated rings. The van der Waals surface area contributed by atoms with Crippen LogP contribution in [0.1, 0.15) is 12.1 Å². The molecule has 0 radical (unpaired) electrons. The number of benzene rings is 1.